The second-order valence-electron chi connectivity index (χ2n) is 7.44. The van der Waals surface area contributed by atoms with Crippen molar-refractivity contribution < 1.29 is 14.3 Å². The highest BCUT2D eigenvalue weighted by atomic mass is 16.5. The molecule has 31 heavy (non-hydrogen) atoms. The molecule has 0 saturated carbocycles. The van der Waals surface area contributed by atoms with Crippen LogP contribution in [0.5, 0.6) is 0 Å². The lowest BCUT2D eigenvalue weighted by Crippen LogP contribution is -2.35. The lowest BCUT2D eigenvalue weighted by atomic mass is 10.1. The first kappa shape index (κ1) is 24.4. The van der Waals surface area contributed by atoms with Gasteiger partial charge < -0.3 is 25.2 Å². The standard InChI is InChI=1S/C24H34N4O3/c1-5-28(6-2)15-14-25-24(30)21-16-20(12-13-22(21)27(3)4)26-23(29)18-31-17-19-10-8-7-9-11-19/h7-13,16H,5-6,14-15,17-18H2,1-4H3,(H,25,30)(H,26,29). The molecule has 0 atom stereocenters. The molecule has 0 spiro atoms. The number of likely N-dealkylation sites (N-methyl/N-ethyl adjacent to an activating group) is 1. The van der Waals surface area contributed by atoms with E-state index < -0.39 is 0 Å². The topological polar surface area (TPSA) is 73.9 Å². The van der Waals surface area contributed by atoms with Gasteiger partial charge in [-0.15, -0.1) is 0 Å². The van der Waals surface area contributed by atoms with E-state index in [0.29, 0.717) is 24.4 Å². The quantitative estimate of drug-likeness (QED) is 0.546. The second kappa shape index (κ2) is 12.7. The van der Waals surface area contributed by atoms with Gasteiger partial charge in [0, 0.05) is 38.6 Å². The van der Waals surface area contributed by atoms with Crippen LogP contribution in [0.25, 0.3) is 0 Å². The summed E-state index contributed by atoms with van der Waals surface area (Å²) >= 11 is 0. The van der Waals surface area contributed by atoms with Crippen LogP contribution >= 0.6 is 0 Å². The number of hydrogen-bond donors (Lipinski definition) is 2. The Bertz CT molecular complexity index is 836. The van der Waals surface area contributed by atoms with E-state index >= 15 is 0 Å². The van der Waals surface area contributed by atoms with Gasteiger partial charge in [-0.3, -0.25) is 9.59 Å². The van der Waals surface area contributed by atoms with Gasteiger partial charge in [-0.2, -0.15) is 0 Å². The molecule has 2 N–H and O–H groups in total. The summed E-state index contributed by atoms with van der Waals surface area (Å²) in [6.45, 7) is 7.77. The summed E-state index contributed by atoms with van der Waals surface area (Å²) in [5.41, 5.74) is 2.88. The minimum atomic E-state index is -0.263. The van der Waals surface area contributed by atoms with E-state index in [-0.39, 0.29) is 18.4 Å². The molecule has 0 unspecified atom stereocenters. The van der Waals surface area contributed by atoms with Crippen molar-refractivity contribution >= 4 is 23.2 Å². The molecule has 0 radical (unpaired) electrons. The number of carbonyl (C=O) groups excluding carboxylic acids is 2. The number of carbonyl (C=O) groups is 2. The van der Waals surface area contributed by atoms with Crippen LogP contribution in [0.3, 0.4) is 0 Å². The van der Waals surface area contributed by atoms with Crippen molar-refractivity contribution in [3.8, 4) is 0 Å². The monoisotopic (exact) mass is 426 g/mol. The molecule has 0 aromatic heterocycles. The summed E-state index contributed by atoms with van der Waals surface area (Å²) in [5, 5.41) is 5.79. The maximum atomic E-state index is 12.8. The van der Waals surface area contributed by atoms with Gasteiger partial charge in [0.15, 0.2) is 0 Å². The summed E-state index contributed by atoms with van der Waals surface area (Å²) in [6, 6.07) is 15.0. The Morgan fingerprint density at radius 1 is 1.00 bits per heavy atom. The molecule has 2 aromatic rings. The number of hydrogen-bond acceptors (Lipinski definition) is 5. The summed E-state index contributed by atoms with van der Waals surface area (Å²) in [5.74, 6) is -0.422. The van der Waals surface area contributed by atoms with Crippen molar-refractivity contribution in [2.24, 2.45) is 0 Å². The maximum absolute atomic E-state index is 12.8. The van der Waals surface area contributed by atoms with Crippen LogP contribution in [0.2, 0.25) is 0 Å². The molecule has 0 bridgehead atoms. The average Bonchev–Trinajstić information content (AvgIpc) is 2.77. The molecular formula is C24H34N4O3. The predicted octanol–water partition coefficient (Wildman–Crippen LogP) is 2.98. The zero-order valence-corrected chi connectivity index (χ0v) is 19.0. The van der Waals surface area contributed by atoms with Crippen LogP contribution in [-0.2, 0) is 16.1 Å². The summed E-state index contributed by atoms with van der Waals surface area (Å²) in [7, 11) is 3.77. The minimum absolute atomic E-state index is 0.0598. The third-order valence-electron chi connectivity index (χ3n) is 4.96. The van der Waals surface area contributed by atoms with Crippen molar-refractivity contribution in [3.63, 3.8) is 0 Å². The Morgan fingerprint density at radius 2 is 1.71 bits per heavy atom. The summed E-state index contributed by atoms with van der Waals surface area (Å²) in [4.78, 5) is 29.2. The van der Waals surface area contributed by atoms with Crippen molar-refractivity contribution in [2.75, 3.05) is 57.1 Å². The van der Waals surface area contributed by atoms with Crippen LogP contribution in [0.1, 0.15) is 29.8 Å². The Labute approximate surface area is 185 Å². The van der Waals surface area contributed by atoms with Gasteiger partial charge >= 0.3 is 0 Å². The van der Waals surface area contributed by atoms with Crippen LogP contribution in [0.15, 0.2) is 48.5 Å². The fourth-order valence-corrected chi connectivity index (χ4v) is 3.18. The zero-order valence-electron chi connectivity index (χ0n) is 19.0. The SMILES string of the molecule is CCN(CC)CCNC(=O)c1cc(NC(=O)COCc2ccccc2)ccc1N(C)C. The van der Waals surface area contributed by atoms with Gasteiger partial charge in [0.25, 0.3) is 5.91 Å². The number of nitrogens with zero attached hydrogens (tertiary/aromatic N) is 2. The molecule has 7 heteroatoms. The van der Waals surface area contributed by atoms with Crippen LogP contribution < -0.4 is 15.5 Å². The third kappa shape index (κ3) is 8.03. The van der Waals surface area contributed by atoms with Crippen LogP contribution in [0.4, 0.5) is 11.4 Å². The normalized spacial score (nSPS) is 10.7. The van der Waals surface area contributed by atoms with Crippen LogP contribution in [-0.4, -0.2) is 63.6 Å². The van der Waals surface area contributed by atoms with E-state index in [9.17, 15) is 9.59 Å². The Kier molecular flexibility index (Phi) is 10.00. The predicted molar refractivity (Wildman–Crippen MR) is 126 cm³/mol. The molecule has 0 heterocycles. The van der Waals surface area contributed by atoms with Crippen LogP contribution in [0, 0.1) is 0 Å². The lowest BCUT2D eigenvalue weighted by Gasteiger charge is -2.20. The highest BCUT2D eigenvalue weighted by Gasteiger charge is 2.15. The fraction of sp³-hybridized carbons (Fsp3) is 0.417. The highest BCUT2D eigenvalue weighted by Crippen LogP contribution is 2.23. The molecule has 2 aromatic carbocycles. The fourth-order valence-electron chi connectivity index (χ4n) is 3.18. The zero-order chi connectivity index (χ0) is 22.6. The number of ether oxygens (including phenoxy) is 1. The molecule has 168 valence electrons. The number of rotatable bonds is 12. The number of anilines is 2. The molecule has 0 aliphatic carbocycles. The minimum Gasteiger partial charge on any atom is -0.377 e. The highest BCUT2D eigenvalue weighted by molar-refractivity contribution is 6.02. The molecule has 0 fully saturated rings. The van der Waals surface area contributed by atoms with E-state index in [1.807, 2.05) is 55.4 Å². The van der Waals surface area contributed by atoms with E-state index in [1.165, 1.54) is 0 Å². The molecule has 7 nitrogen and oxygen atoms in total. The van der Waals surface area contributed by atoms with Gasteiger partial charge in [0.1, 0.15) is 6.61 Å². The Morgan fingerprint density at radius 3 is 2.35 bits per heavy atom. The molecule has 0 aliphatic heterocycles. The first-order valence-electron chi connectivity index (χ1n) is 10.7. The van der Waals surface area contributed by atoms with E-state index in [2.05, 4.69) is 29.4 Å². The summed E-state index contributed by atoms with van der Waals surface area (Å²) < 4.78 is 5.49. The van der Waals surface area contributed by atoms with Gasteiger partial charge in [-0.1, -0.05) is 44.2 Å². The largest absolute Gasteiger partial charge is 0.377 e. The van der Waals surface area contributed by atoms with E-state index in [0.717, 1.165) is 30.9 Å². The first-order valence-corrected chi connectivity index (χ1v) is 10.7. The Balaban J connectivity index is 1.96. The molecule has 2 amide bonds. The van der Waals surface area contributed by atoms with Crippen molar-refractivity contribution in [1.29, 1.82) is 0 Å². The number of amides is 2. The van der Waals surface area contributed by atoms with Crippen molar-refractivity contribution in [3.05, 3.63) is 59.7 Å². The van der Waals surface area contributed by atoms with E-state index in [4.69, 9.17) is 4.74 Å². The first-order chi connectivity index (χ1) is 14.9. The van der Waals surface area contributed by atoms with Gasteiger partial charge in [-0.05, 0) is 36.9 Å². The summed E-state index contributed by atoms with van der Waals surface area (Å²) in [6.07, 6.45) is 0. The maximum Gasteiger partial charge on any atom is 0.253 e. The van der Waals surface area contributed by atoms with Crippen molar-refractivity contribution in [1.82, 2.24) is 10.2 Å². The lowest BCUT2D eigenvalue weighted by molar-refractivity contribution is -0.121. The number of nitrogens with one attached hydrogen (secondary N) is 2. The molecule has 2 rings (SSSR count). The van der Waals surface area contributed by atoms with Gasteiger partial charge in [0.05, 0.1) is 12.2 Å². The van der Waals surface area contributed by atoms with E-state index in [1.54, 1.807) is 12.1 Å². The molecule has 0 saturated heterocycles. The number of benzene rings is 2. The second-order valence-corrected chi connectivity index (χ2v) is 7.44. The molecule has 0 aliphatic rings. The Hall–Kier alpha value is -2.90. The smallest absolute Gasteiger partial charge is 0.253 e. The van der Waals surface area contributed by atoms with Gasteiger partial charge in [0.2, 0.25) is 5.91 Å². The van der Waals surface area contributed by atoms with Crippen molar-refractivity contribution in [2.45, 2.75) is 20.5 Å². The third-order valence-corrected chi connectivity index (χ3v) is 4.96. The van der Waals surface area contributed by atoms with Gasteiger partial charge in [-0.25, -0.2) is 0 Å². The average molecular weight is 427 g/mol. The molecular weight excluding hydrogens is 392 g/mol.